The van der Waals surface area contributed by atoms with Gasteiger partial charge in [-0.05, 0) is 32.9 Å². The average molecular weight is 423 g/mol. The van der Waals surface area contributed by atoms with Crippen molar-refractivity contribution in [3.63, 3.8) is 0 Å². The summed E-state index contributed by atoms with van der Waals surface area (Å²) in [5.41, 5.74) is 3.16. The lowest BCUT2D eigenvalue weighted by molar-refractivity contribution is -0.140. The minimum Gasteiger partial charge on any atom is -0.372 e. The monoisotopic (exact) mass is 422 g/mol. The predicted octanol–water partition coefficient (Wildman–Crippen LogP) is 3.97. The topological polar surface area (TPSA) is 60.3 Å². The molecule has 2 aromatic carbocycles. The predicted molar refractivity (Wildman–Crippen MR) is 119 cm³/mol. The molecule has 0 aliphatic carbocycles. The van der Waals surface area contributed by atoms with Gasteiger partial charge < -0.3 is 9.64 Å². The molecule has 1 fully saturated rings. The smallest absolute Gasteiger partial charge is 0.233 e. The van der Waals surface area contributed by atoms with Gasteiger partial charge in [-0.2, -0.15) is 0 Å². The van der Waals surface area contributed by atoms with Crippen LogP contribution in [0.3, 0.4) is 0 Å². The number of rotatable bonds is 5. The summed E-state index contributed by atoms with van der Waals surface area (Å²) in [5, 5.41) is 9.58. The number of benzene rings is 2. The van der Waals surface area contributed by atoms with Gasteiger partial charge in [-0.3, -0.25) is 9.36 Å². The third kappa shape index (κ3) is 4.57. The van der Waals surface area contributed by atoms with E-state index in [-0.39, 0.29) is 18.1 Å². The molecular weight excluding hydrogens is 396 g/mol. The van der Waals surface area contributed by atoms with E-state index in [2.05, 4.69) is 41.4 Å². The minimum absolute atomic E-state index is 0.0591. The van der Waals surface area contributed by atoms with Crippen LogP contribution in [0.5, 0.6) is 0 Å². The Balaban J connectivity index is 1.59. The number of aromatic nitrogens is 3. The molecule has 0 spiro atoms. The zero-order valence-corrected chi connectivity index (χ0v) is 18.3. The van der Waals surface area contributed by atoms with E-state index in [0.717, 1.165) is 17.1 Å². The summed E-state index contributed by atoms with van der Waals surface area (Å²) in [6.07, 6.45) is 0.118. The Morgan fingerprint density at radius 1 is 1.03 bits per heavy atom. The molecule has 6 nitrogen and oxygen atoms in total. The lowest BCUT2D eigenvalue weighted by Crippen LogP contribution is -2.48. The number of hydrogen-bond acceptors (Lipinski definition) is 5. The number of nitrogens with zero attached hydrogens (tertiary/aromatic N) is 4. The summed E-state index contributed by atoms with van der Waals surface area (Å²) in [5.74, 6) is 1.18. The summed E-state index contributed by atoms with van der Waals surface area (Å²) in [4.78, 5) is 14.7. The van der Waals surface area contributed by atoms with E-state index in [0.29, 0.717) is 24.0 Å². The molecule has 7 heteroatoms. The van der Waals surface area contributed by atoms with Gasteiger partial charge in [-0.25, -0.2) is 0 Å². The molecule has 1 aliphatic heterocycles. The van der Waals surface area contributed by atoms with E-state index in [1.165, 1.54) is 17.3 Å². The molecule has 2 unspecified atom stereocenters. The van der Waals surface area contributed by atoms with Gasteiger partial charge in [0.25, 0.3) is 0 Å². The molecule has 156 valence electrons. The second kappa shape index (κ2) is 9.02. The molecule has 1 aromatic heterocycles. The van der Waals surface area contributed by atoms with Gasteiger partial charge in [0.05, 0.1) is 18.0 Å². The van der Waals surface area contributed by atoms with Crippen LogP contribution >= 0.6 is 11.8 Å². The first-order chi connectivity index (χ1) is 14.5. The van der Waals surface area contributed by atoms with Gasteiger partial charge in [0.15, 0.2) is 11.0 Å². The Kier molecular flexibility index (Phi) is 6.20. The van der Waals surface area contributed by atoms with Gasteiger partial charge in [-0.15, -0.1) is 10.2 Å². The van der Waals surface area contributed by atoms with Crippen LogP contribution in [0, 0.1) is 6.92 Å². The molecule has 1 amide bonds. The molecule has 3 aromatic rings. The van der Waals surface area contributed by atoms with Gasteiger partial charge in [0, 0.05) is 24.3 Å². The van der Waals surface area contributed by atoms with Gasteiger partial charge >= 0.3 is 0 Å². The van der Waals surface area contributed by atoms with Crippen LogP contribution in [-0.2, 0) is 9.53 Å². The fraction of sp³-hybridized carbons (Fsp3) is 0.348. The Morgan fingerprint density at radius 2 is 1.70 bits per heavy atom. The van der Waals surface area contributed by atoms with Crippen LogP contribution in [0.1, 0.15) is 19.4 Å². The summed E-state index contributed by atoms with van der Waals surface area (Å²) in [7, 11) is 0. The highest BCUT2D eigenvalue weighted by molar-refractivity contribution is 7.99. The first kappa shape index (κ1) is 20.6. The van der Waals surface area contributed by atoms with E-state index in [9.17, 15) is 4.79 Å². The van der Waals surface area contributed by atoms with Crippen molar-refractivity contribution >= 4 is 17.7 Å². The molecule has 0 saturated carbocycles. The van der Waals surface area contributed by atoms with Gasteiger partial charge in [-0.1, -0.05) is 59.8 Å². The minimum atomic E-state index is 0.0591. The number of hydrogen-bond donors (Lipinski definition) is 0. The first-order valence-electron chi connectivity index (χ1n) is 10.1. The number of thioether (sulfide) groups is 1. The van der Waals surface area contributed by atoms with Crippen LogP contribution < -0.4 is 0 Å². The molecule has 2 heterocycles. The SMILES string of the molecule is Cc1ccc(-c2nnc(SCC(=O)N3CC(C)OC(C)C3)n2-c2ccccc2)cc1. The van der Waals surface area contributed by atoms with E-state index in [1.807, 2.05) is 53.6 Å². The lowest BCUT2D eigenvalue weighted by atomic mass is 10.1. The standard InChI is InChI=1S/C23H26N4O2S/c1-16-9-11-19(12-10-16)22-24-25-23(27(22)20-7-5-4-6-8-20)30-15-21(28)26-13-17(2)29-18(3)14-26/h4-12,17-18H,13-15H2,1-3H3. The number of aryl methyl sites for hydroxylation is 1. The lowest BCUT2D eigenvalue weighted by Gasteiger charge is -2.35. The molecule has 2 atom stereocenters. The number of ether oxygens (including phenoxy) is 1. The average Bonchev–Trinajstić information content (AvgIpc) is 3.16. The van der Waals surface area contributed by atoms with Crippen molar-refractivity contribution in [2.75, 3.05) is 18.8 Å². The first-order valence-corrected chi connectivity index (χ1v) is 11.1. The highest BCUT2D eigenvalue weighted by Gasteiger charge is 2.26. The van der Waals surface area contributed by atoms with Crippen LogP contribution in [-0.4, -0.2) is 56.6 Å². The third-order valence-electron chi connectivity index (χ3n) is 5.05. The Morgan fingerprint density at radius 3 is 2.37 bits per heavy atom. The van der Waals surface area contributed by atoms with Crippen molar-refractivity contribution in [1.82, 2.24) is 19.7 Å². The van der Waals surface area contributed by atoms with Crippen LogP contribution in [0.15, 0.2) is 59.8 Å². The summed E-state index contributed by atoms with van der Waals surface area (Å²) in [6.45, 7) is 7.32. The highest BCUT2D eigenvalue weighted by atomic mass is 32.2. The second-order valence-corrected chi connectivity index (χ2v) is 8.63. The molecule has 1 saturated heterocycles. The number of carbonyl (C=O) groups excluding carboxylic acids is 1. The zero-order chi connectivity index (χ0) is 21.1. The van der Waals surface area contributed by atoms with E-state index < -0.39 is 0 Å². The van der Waals surface area contributed by atoms with Gasteiger partial charge in [0.2, 0.25) is 5.91 Å². The molecule has 0 bridgehead atoms. The van der Waals surface area contributed by atoms with Crippen molar-refractivity contribution in [2.45, 2.75) is 38.1 Å². The maximum atomic E-state index is 12.8. The highest BCUT2D eigenvalue weighted by Crippen LogP contribution is 2.28. The molecule has 4 rings (SSSR count). The Hall–Kier alpha value is -2.64. The van der Waals surface area contributed by atoms with Gasteiger partial charge in [0.1, 0.15) is 0 Å². The van der Waals surface area contributed by atoms with E-state index in [4.69, 9.17) is 4.74 Å². The van der Waals surface area contributed by atoms with Crippen LogP contribution in [0.25, 0.3) is 17.1 Å². The molecule has 30 heavy (non-hydrogen) atoms. The molecular formula is C23H26N4O2S. The third-order valence-corrected chi connectivity index (χ3v) is 5.97. The fourth-order valence-electron chi connectivity index (χ4n) is 3.66. The maximum Gasteiger partial charge on any atom is 0.233 e. The number of amides is 1. The summed E-state index contributed by atoms with van der Waals surface area (Å²) >= 11 is 1.42. The number of para-hydroxylation sites is 1. The van der Waals surface area contributed by atoms with Crippen molar-refractivity contribution in [1.29, 1.82) is 0 Å². The molecule has 0 radical (unpaired) electrons. The number of carbonyl (C=O) groups is 1. The van der Waals surface area contributed by atoms with Crippen LogP contribution in [0.2, 0.25) is 0 Å². The second-order valence-electron chi connectivity index (χ2n) is 7.69. The van der Waals surface area contributed by atoms with Crippen LogP contribution in [0.4, 0.5) is 0 Å². The molecule has 0 N–H and O–H groups in total. The quantitative estimate of drug-likeness (QED) is 0.582. The molecule has 1 aliphatic rings. The van der Waals surface area contributed by atoms with Crippen molar-refractivity contribution < 1.29 is 9.53 Å². The zero-order valence-electron chi connectivity index (χ0n) is 17.5. The van der Waals surface area contributed by atoms with E-state index in [1.54, 1.807) is 0 Å². The normalized spacial score (nSPS) is 19.1. The fourth-order valence-corrected chi connectivity index (χ4v) is 4.52. The van der Waals surface area contributed by atoms with Crippen molar-refractivity contribution in [3.8, 4) is 17.1 Å². The number of morpholine rings is 1. The maximum absolute atomic E-state index is 12.8. The largest absolute Gasteiger partial charge is 0.372 e. The van der Waals surface area contributed by atoms with Crippen molar-refractivity contribution in [3.05, 3.63) is 60.2 Å². The van der Waals surface area contributed by atoms with Crippen molar-refractivity contribution in [2.24, 2.45) is 0 Å². The Bertz CT molecular complexity index is 994. The Labute approximate surface area is 181 Å². The van der Waals surface area contributed by atoms with E-state index >= 15 is 0 Å². The summed E-state index contributed by atoms with van der Waals surface area (Å²) < 4.78 is 7.76. The summed E-state index contributed by atoms with van der Waals surface area (Å²) in [6, 6.07) is 18.2.